The van der Waals surface area contributed by atoms with Gasteiger partial charge < -0.3 is 14.4 Å². The van der Waals surface area contributed by atoms with Crippen LogP contribution in [-0.4, -0.2) is 53.1 Å². The molecule has 1 saturated heterocycles. The molecule has 7 nitrogen and oxygen atoms in total. The summed E-state index contributed by atoms with van der Waals surface area (Å²) in [5.41, 5.74) is 1.45. The van der Waals surface area contributed by atoms with Crippen molar-refractivity contribution in [3.8, 4) is 11.5 Å². The molecule has 1 aliphatic heterocycles. The van der Waals surface area contributed by atoms with E-state index in [1.54, 1.807) is 23.1 Å². The quantitative estimate of drug-likeness (QED) is 0.651. The normalized spacial score (nSPS) is 16.6. The molecule has 0 saturated carbocycles. The van der Waals surface area contributed by atoms with Gasteiger partial charge in [-0.1, -0.05) is 24.6 Å². The molecule has 3 rings (SSSR count). The molecule has 0 unspecified atom stereocenters. The van der Waals surface area contributed by atoms with E-state index in [-0.39, 0.29) is 17.3 Å². The van der Waals surface area contributed by atoms with E-state index in [0.717, 1.165) is 18.4 Å². The highest BCUT2D eigenvalue weighted by Gasteiger charge is 2.31. The first kappa shape index (κ1) is 22.9. The van der Waals surface area contributed by atoms with Gasteiger partial charge in [0.25, 0.3) is 10.0 Å². The fraction of sp³-hybridized carbons (Fsp3) is 0.435. The third kappa shape index (κ3) is 5.12. The Labute approximate surface area is 184 Å². The summed E-state index contributed by atoms with van der Waals surface area (Å²) >= 11 is 0. The molecule has 31 heavy (non-hydrogen) atoms. The van der Waals surface area contributed by atoms with Gasteiger partial charge in [0.2, 0.25) is 5.91 Å². The van der Waals surface area contributed by atoms with Gasteiger partial charge in [-0.3, -0.25) is 9.10 Å². The van der Waals surface area contributed by atoms with E-state index in [1.807, 2.05) is 19.1 Å². The maximum Gasteiger partial charge on any atom is 0.264 e. The lowest BCUT2D eigenvalue weighted by molar-refractivity contribution is -0.131. The number of amides is 1. The monoisotopic (exact) mass is 446 g/mol. The van der Waals surface area contributed by atoms with Crippen molar-refractivity contribution in [3.63, 3.8) is 0 Å². The molecule has 0 aromatic heterocycles. The number of carbonyl (C=O) groups is 1. The average Bonchev–Trinajstić information content (AvgIpc) is 2.77. The molecule has 0 aliphatic carbocycles. The number of aryl methyl sites for hydroxylation is 1. The number of sulfonamides is 1. The molecule has 0 radical (unpaired) electrons. The van der Waals surface area contributed by atoms with Crippen LogP contribution < -0.4 is 13.8 Å². The number of hydrogen-bond acceptors (Lipinski definition) is 5. The Morgan fingerprint density at radius 3 is 2.39 bits per heavy atom. The number of anilines is 1. The molecule has 2 aromatic carbocycles. The van der Waals surface area contributed by atoms with E-state index in [0.29, 0.717) is 36.2 Å². The van der Waals surface area contributed by atoms with Crippen LogP contribution in [0.25, 0.3) is 0 Å². The van der Waals surface area contributed by atoms with Crippen LogP contribution in [0.3, 0.4) is 0 Å². The Morgan fingerprint density at radius 1 is 1.10 bits per heavy atom. The Kier molecular flexibility index (Phi) is 7.10. The van der Waals surface area contributed by atoms with Gasteiger partial charge >= 0.3 is 0 Å². The second-order valence-electron chi connectivity index (χ2n) is 7.95. The Bertz CT molecular complexity index is 1020. The van der Waals surface area contributed by atoms with Gasteiger partial charge in [-0.25, -0.2) is 8.42 Å². The highest BCUT2D eigenvalue weighted by atomic mass is 32.2. The SMILES string of the molecule is COc1ccc(S(=O)(=O)N(CC(=O)N2CCC[C@@H](C)C2)c2ccc(C)cc2)cc1OC. The van der Waals surface area contributed by atoms with Crippen molar-refractivity contribution < 1.29 is 22.7 Å². The van der Waals surface area contributed by atoms with E-state index in [1.165, 1.54) is 30.7 Å². The van der Waals surface area contributed by atoms with Crippen LogP contribution in [0.4, 0.5) is 5.69 Å². The summed E-state index contributed by atoms with van der Waals surface area (Å²) in [4.78, 5) is 14.9. The highest BCUT2D eigenvalue weighted by Crippen LogP contribution is 2.32. The number of likely N-dealkylation sites (tertiary alicyclic amines) is 1. The summed E-state index contributed by atoms with van der Waals surface area (Å²) in [5.74, 6) is 0.953. The molecule has 0 N–H and O–H groups in total. The molecule has 8 heteroatoms. The van der Waals surface area contributed by atoms with Gasteiger partial charge in [-0.2, -0.15) is 0 Å². The zero-order valence-corrected chi connectivity index (χ0v) is 19.3. The topological polar surface area (TPSA) is 76.2 Å². The van der Waals surface area contributed by atoms with Crippen LogP contribution in [0, 0.1) is 12.8 Å². The van der Waals surface area contributed by atoms with E-state index < -0.39 is 10.0 Å². The zero-order chi connectivity index (χ0) is 22.6. The number of hydrogen-bond donors (Lipinski definition) is 0. The van der Waals surface area contributed by atoms with E-state index >= 15 is 0 Å². The maximum absolute atomic E-state index is 13.6. The Morgan fingerprint density at radius 2 is 1.77 bits per heavy atom. The molecule has 1 amide bonds. The first-order valence-corrected chi connectivity index (χ1v) is 11.8. The fourth-order valence-corrected chi connectivity index (χ4v) is 5.20. The van der Waals surface area contributed by atoms with E-state index in [9.17, 15) is 13.2 Å². The molecular weight excluding hydrogens is 416 g/mol. The molecule has 1 heterocycles. The Balaban J connectivity index is 1.99. The van der Waals surface area contributed by atoms with Gasteiger partial charge in [-0.05, 0) is 49.9 Å². The van der Waals surface area contributed by atoms with E-state index in [4.69, 9.17) is 9.47 Å². The van der Waals surface area contributed by atoms with Crippen molar-refractivity contribution in [1.29, 1.82) is 0 Å². The van der Waals surface area contributed by atoms with Crippen molar-refractivity contribution in [3.05, 3.63) is 48.0 Å². The molecule has 2 aromatic rings. The van der Waals surface area contributed by atoms with Crippen LogP contribution in [0.1, 0.15) is 25.3 Å². The first-order chi connectivity index (χ1) is 14.8. The number of nitrogens with zero attached hydrogens (tertiary/aromatic N) is 2. The summed E-state index contributed by atoms with van der Waals surface area (Å²) in [6.45, 7) is 5.08. The predicted octanol–water partition coefficient (Wildman–Crippen LogP) is 3.47. The van der Waals surface area contributed by atoms with Crippen molar-refractivity contribution in [2.45, 2.75) is 31.6 Å². The second kappa shape index (κ2) is 9.60. The molecule has 168 valence electrons. The number of rotatable bonds is 7. The number of carbonyl (C=O) groups excluding carboxylic acids is 1. The number of benzene rings is 2. The highest BCUT2D eigenvalue weighted by molar-refractivity contribution is 7.92. The number of piperidine rings is 1. The number of ether oxygens (including phenoxy) is 2. The fourth-order valence-electron chi connectivity index (χ4n) is 3.77. The van der Waals surface area contributed by atoms with Gasteiger partial charge in [0.15, 0.2) is 11.5 Å². The molecule has 1 fully saturated rings. The minimum atomic E-state index is -4.02. The van der Waals surface area contributed by atoms with Crippen LogP contribution in [-0.2, 0) is 14.8 Å². The summed E-state index contributed by atoms with van der Waals surface area (Å²) in [6, 6.07) is 11.5. The molecule has 1 atom stereocenters. The summed E-state index contributed by atoms with van der Waals surface area (Å²) < 4.78 is 38.9. The smallest absolute Gasteiger partial charge is 0.264 e. The van der Waals surface area contributed by atoms with Gasteiger partial charge in [-0.15, -0.1) is 0 Å². The predicted molar refractivity (Wildman–Crippen MR) is 120 cm³/mol. The lowest BCUT2D eigenvalue weighted by Gasteiger charge is -2.33. The maximum atomic E-state index is 13.6. The van der Waals surface area contributed by atoms with Crippen molar-refractivity contribution in [1.82, 2.24) is 4.90 Å². The molecule has 0 bridgehead atoms. The molecule has 1 aliphatic rings. The Hall–Kier alpha value is -2.74. The van der Waals surface area contributed by atoms with Crippen LogP contribution in [0.5, 0.6) is 11.5 Å². The van der Waals surface area contributed by atoms with Crippen LogP contribution in [0.2, 0.25) is 0 Å². The van der Waals surface area contributed by atoms with Gasteiger partial charge in [0.05, 0.1) is 24.8 Å². The van der Waals surface area contributed by atoms with Gasteiger partial charge in [0, 0.05) is 19.2 Å². The van der Waals surface area contributed by atoms with Crippen LogP contribution in [0.15, 0.2) is 47.4 Å². The summed E-state index contributed by atoms with van der Waals surface area (Å²) in [6.07, 6.45) is 2.01. The third-order valence-electron chi connectivity index (χ3n) is 5.55. The third-order valence-corrected chi connectivity index (χ3v) is 7.32. The van der Waals surface area contributed by atoms with Crippen molar-refractivity contribution >= 4 is 21.6 Å². The minimum absolute atomic E-state index is 0.0329. The average molecular weight is 447 g/mol. The molecular formula is C23H30N2O5S. The lowest BCUT2D eigenvalue weighted by atomic mass is 10.0. The minimum Gasteiger partial charge on any atom is -0.493 e. The van der Waals surface area contributed by atoms with Gasteiger partial charge in [0.1, 0.15) is 6.54 Å². The zero-order valence-electron chi connectivity index (χ0n) is 18.5. The van der Waals surface area contributed by atoms with Crippen molar-refractivity contribution in [2.24, 2.45) is 5.92 Å². The van der Waals surface area contributed by atoms with Crippen LogP contribution >= 0.6 is 0 Å². The standard InChI is InChI=1S/C23H30N2O5S/c1-17-7-9-19(10-8-17)25(16-23(26)24-13-5-6-18(2)15-24)31(27,28)20-11-12-21(29-3)22(14-20)30-4/h7-12,14,18H,5-6,13,15-16H2,1-4H3/t18-/m1/s1. The first-order valence-electron chi connectivity index (χ1n) is 10.4. The summed E-state index contributed by atoms with van der Waals surface area (Å²) in [7, 11) is -1.08. The lowest BCUT2D eigenvalue weighted by Crippen LogP contribution is -2.46. The second-order valence-corrected chi connectivity index (χ2v) is 9.81. The number of methoxy groups -OCH3 is 2. The largest absolute Gasteiger partial charge is 0.493 e. The van der Waals surface area contributed by atoms with Crippen molar-refractivity contribution in [2.75, 3.05) is 38.2 Å². The van der Waals surface area contributed by atoms with E-state index in [2.05, 4.69) is 6.92 Å². The molecule has 0 spiro atoms. The summed E-state index contributed by atoms with van der Waals surface area (Å²) in [5, 5.41) is 0.